The second-order valence-corrected chi connectivity index (χ2v) is 5.01. The van der Waals surface area contributed by atoms with Gasteiger partial charge in [-0.15, -0.1) is 0 Å². The van der Waals surface area contributed by atoms with Crippen LogP contribution in [-0.2, 0) is 14.2 Å². The number of nitrogens with zero attached hydrogens (tertiary/aromatic N) is 1. The SMILES string of the molecule is COCCOCCOCCN1CC(O)C(O)C(O)C1CO. The summed E-state index contributed by atoms with van der Waals surface area (Å²) in [6.45, 7) is 2.72. The first-order valence-corrected chi connectivity index (χ1v) is 7.15. The van der Waals surface area contributed by atoms with E-state index in [0.717, 1.165) is 0 Å². The largest absolute Gasteiger partial charge is 0.395 e. The Morgan fingerprint density at radius 1 is 0.952 bits per heavy atom. The molecule has 1 rings (SSSR count). The molecule has 21 heavy (non-hydrogen) atoms. The fourth-order valence-corrected chi connectivity index (χ4v) is 2.28. The number of piperidine rings is 1. The van der Waals surface area contributed by atoms with Gasteiger partial charge in [0.05, 0.1) is 51.8 Å². The first-order valence-electron chi connectivity index (χ1n) is 7.15. The summed E-state index contributed by atoms with van der Waals surface area (Å²) in [6, 6.07) is -0.593. The van der Waals surface area contributed by atoms with Crippen molar-refractivity contribution in [3.63, 3.8) is 0 Å². The Morgan fingerprint density at radius 2 is 1.57 bits per heavy atom. The summed E-state index contributed by atoms with van der Waals surface area (Å²) in [7, 11) is 1.61. The quantitative estimate of drug-likeness (QED) is 0.326. The van der Waals surface area contributed by atoms with Gasteiger partial charge in [-0.2, -0.15) is 0 Å². The predicted octanol–water partition coefficient (Wildman–Crippen LogP) is -2.57. The average molecular weight is 309 g/mol. The van der Waals surface area contributed by atoms with Crippen LogP contribution in [0.1, 0.15) is 0 Å². The van der Waals surface area contributed by atoms with E-state index >= 15 is 0 Å². The molecule has 0 aromatic heterocycles. The van der Waals surface area contributed by atoms with E-state index in [0.29, 0.717) is 39.6 Å². The minimum Gasteiger partial charge on any atom is -0.395 e. The third-order valence-corrected chi connectivity index (χ3v) is 3.54. The van der Waals surface area contributed by atoms with Gasteiger partial charge in [0.15, 0.2) is 0 Å². The molecule has 0 radical (unpaired) electrons. The minimum absolute atomic E-state index is 0.192. The predicted molar refractivity (Wildman–Crippen MR) is 74.0 cm³/mol. The summed E-state index contributed by atoms with van der Waals surface area (Å²) >= 11 is 0. The van der Waals surface area contributed by atoms with Crippen LogP contribution in [0.25, 0.3) is 0 Å². The van der Waals surface area contributed by atoms with Crippen molar-refractivity contribution >= 4 is 0 Å². The number of methoxy groups -OCH3 is 1. The fourth-order valence-electron chi connectivity index (χ4n) is 2.28. The summed E-state index contributed by atoms with van der Waals surface area (Å²) in [5, 5.41) is 38.3. The number of rotatable bonds is 10. The molecular formula is C13H27NO7. The molecule has 0 saturated carbocycles. The average Bonchev–Trinajstić information content (AvgIpc) is 2.48. The first kappa shape index (κ1) is 18.7. The number of hydrogen-bond donors (Lipinski definition) is 4. The lowest BCUT2D eigenvalue weighted by Crippen LogP contribution is -2.62. The molecule has 1 fully saturated rings. The standard InChI is InChI=1S/C13H27NO7/c1-19-4-5-21-7-6-20-3-2-14-8-11(16)13(18)12(17)10(14)9-15/h10-13,15-18H,2-9H2,1H3. The van der Waals surface area contributed by atoms with Crippen LogP contribution in [0, 0.1) is 0 Å². The molecule has 1 aliphatic rings. The van der Waals surface area contributed by atoms with Crippen molar-refractivity contribution < 1.29 is 34.6 Å². The van der Waals surface area contributed by atoms with Crippen LogP contribution in [0.3, 0.4) is 0 Å². The van der Waals surface area contributed by atoms with Crippen LogP contribution >= 0.6 is 0 Å². The van der Waals surface area contributed by atoms with Gasteiger partial charge in [0.1, 0.15) is 12.2 Å². The molecule has 8 nitrogen and oxygen atoms in total. The summed E-state index contributed by atoms with van der Waals surface area (Å²) in [4.78, 5) is 1.72. The van der Waals surface area contributed by atoms with Crippen molar-refractivity contribution in [2.75, 3.05) is 59.8 Å². The minimum atomic E-state index is -1.23. The zero-order chi connectivity index (χ0) is 15.7. The molecule has 0 amide bonds. The van der Waals surface area contributed by atoms with E-state index in [1.54, 1.807) is 12.0 Å². The van der Waals surface area contributed by atoms with Gasteiger partial charge in [-0.1, -0.05) is 0 Å². The highest BCUT2D eigenvalue weighted by Gasteiger charge is 2.40. The maximum atomic E-state index is 9.82. The van der Waals surface area contributed by atoms with Crippen LogP contribution in [0.5, 0.6) is 0 Å². The number of β-amino-alcohol motifs (C(OH)–C–C–N with tert-alkyl or cyclic N) is 1. The molecule has 126 valence electrons. The number of aliphatic hydroxyl groups excluding tert-OH is 4. The fraction of sp³-hybridized carbons (Fsp3) is 1.00. The van der Waals surface area contributed by atoms with Gasteiger partial charge < -0.3 is 34.6 Å². The molecule has 0 aromatic rings. The number of hydrogen-bond acceptors (Lipinski definition) is 8. The summed E-state index contributed by atoms with van der Waals surface area (Å²) in [5.41, 5.74) is 0. The maximum Gasteiger partial charge on any atom is 0.109 e. The van der Waals surface area contributed by atoms with Gasteiger partial charge in [0, 0.05) is 20.2 Å². The van der Waals surface area contributed by atoms with E-state index in [4.69, 9.17) is 14.2 Å². The normalized spacial score (nSPS) is 30.7. The third-order valence-electron chi connectivity index (χ3n) is 3.54. The molecule has 1 aliphatic heterocycles. The number of ether oxygens (including phenoxy) is 3. The highest BCUT2D eigenvalue weighted by atomic mass is 16.5. The second kappa shape index (κ2) is 10.4. The maximum absolute atomic E-state index is 9.82. The van der Waals surface area contributed by atoms with Crippen molar-refractivity contribution in [1.29, 1.82) is 0 Å². The smallest absolute Gasteiger partial charge is 0.109 e. The Labute approximate surface area is 124 Å². The number of likely N-dealkylation sites (tertiary alicyclic amines) is 1. The molecule has 4 atom stereocenters. The lowest BCUT2D eigenvalue weighted by atomic mass is 9.94. The molecule has 1 heterocycles. The van der Waals surface area contributed by atoms with E-state index < -0.39 is 24.4 Å². The Bertz CT molecular complexity index is 269. The lowest BCUT2D eigenvalue weighted by molar-refractivity contribution is -0.147. The van der Waals surface area contributed by atoms with Gasteiger partial charge in [-0.3, -0.25) is 4.90 Å². The Balaban J connectivity index is 2.18. The van der Waals surface area contributed by atoms with Gasteiger partial charge >= 0.3 is 0 Å². The van der Waals surface area contributed by atoms with E-state index in [-0.39, 0.29) is 13.2 Å². The number of aliphatic hydroxyl groups is 4. The van der Waals surface area contributed by atoms with Crippen molar-refractivity contribution in [3.05, 3.63) is 0 Å². The van der Waals surface area contributed by atoms with Crippen LogP contribution in [0.2, 0.25) is 0 Å². The monoisotopic (exact) mass is 309 g/mol. The molecular weight excluding hydrogens is 282 g/mol. The van der Waals surface area contributed by atoms with Crippen molar-refractivity contribution in [2.24, 2.45) is 0 Å². The highest BCUT2D eigenvalue weighted by Crippen LogP contribution is 2.18. The molecule has 4 unspecified atom stereocenters. The van der Waals surface area contributed by atoms with Gasteiger partial charge in [-0.05, 0) is 0 Å². The zero-order valence-corrected chi connectivity index (χ0v) is 12.4. The second-order valence-electron chi connectivity index (χ2n) is 5.01. The van der Waals surface area contributed by atoms with E-state index in [9.17, 15) is 20.4 Å². The summed E-state index contributed by atoms with van der Waals surface area (Å²) in [5.74, 6) is 0. The van der Waals surface area contributed by atoms with Gasteiger partial charge in [0.2, 0.25) is 0 Å². The van der Waals surface area contributed by atoms with Crippen LogP contribution in [0.15, 0.2) is 0 Å². The molecule has 0 aromatic carbocycles. The van der Waals surface area contributed by atoms with E-state index in [1.165, 1.54) is 0 Å². The topological polar surface area (TPSA) is 112 Å². The van der Waals surface area contributed by atoms with Crippen LogP contribution < -0.4 is 0 Å². The van der Waals surface area contributed by atoms with Crippen molar-refractivity contribution in [1.82, 2.24) is 4.90 Å². The van der Waals surface area contributed by atoms with Gasteiger partial charge in [0.25, 0.3) is 0 Å². The van der Waals surface area contributed by atoms with Gasteiger partial charge in [-0.25, -0.2) is 0 Å². The molecule has 8 heteroatoms. The van der Waals surface area contributed by atoms with Crippen molar-refractivity contribution in [2.45, 2.75) is 24.4 Å². The molecule has 0 bridgehead atoms. The molecule has 0 spiro atoms. The Hall–Kier alpha value is -0.320. The Kier molecular flexibility index (Phi) is 9.29. The summed E-state index contributed by atoms with van der Waals surface area (Å²) < 4.78 is 15.5. The van der Waals surface area contributed by atoms with Crippen LogP contribution in [-0.4, -0.2) is 110 Å². The molecule has 4 N–H and O–H groups in total. The molecule has 1 saturated heterocycles. The first-order chi connectivity index (χ1) is 10.1. The van der Waals surface area contributed by atoms with Crippen LogP contribution in [0.4, 0.5) is 0 Å². The lowest BCUT2D eigenvalue weighted by Gasteiger charge is -2.43. The van der Waals surface area contributed by atoms with Crippen molar-refractivity contribution in [3.8, 4) is 0 Å². The highest BCUT2D eigenvalue weighted by molar-refractivity contribution is 4.93. The summed E-state index contributed by atoms with van der Waals surface area (Å²) in [6.07, 6.45) is -3.43. The van der Waals surface area contributed by atoms with E-state index in [1.807, 2.05) is 0 Å². The zero-order valence-electron chi connectivity index (χ0n) is 12.4. The van der Waals surface area contributed by atoms with E-state index in [2.05, 4.69) is 0 Å². The molecule has 0 aliphatic carbocycles. The third kappa shape index (κ3) is 6.13. The Morgan fingerprint density at radius 3 is 2.19 bits per heavy atom.